The third-order valence-electron chi connectivity index (χ3n) is 4.13. The molecule has 2 rings (SSSR count). The Morgan fingerprint density at radius 3 is 3.00 bits per heavy atom. The minimum atomic E-state index is 0.214. The van der Waals surface area contributed by atoms with Gasteiger partial charge >= 0.3 is 0 Å². The summed E-state index contributed by atoms with van der Waals surface area (Å²) in [5, 5.41) is 7.10. The van der Waals surface area contributed by atoms with E-state index in [2.05, 4.69) is 24.5 Å². The zero-order chi connectivity index (χ0) is 10.7. The molecule has 2 N–H and O–H groups in total. The molecular weight excluding hydrogens is 188 g/mol. The SMILES string of the molecule is CC1OCCC1(C)NCCC1CCNC1. The van der Waals surface area contributed by atoms with Gasteiger partial charge in [0.1, 0.15) is 0 Å². The summed E-state index contributed by atoms with van der Waals surface area (Å²) in [7, 11) is 0. The van der Waals surface area contributed by atoms with E-state index in [1.54, 1.807) is 0 Å². The molecule has 0 amide bonds. The van der Waals surface area contributed by atoms with Crippen LogP contribution in [0.25, 0.3) is 0 Å². The van der Waals surface area contributed by atoms with Gasteiger partial charge in [0.15, 0.2) is 0 Å². The van der Waals surface area contributed by atoms with Gasteiger partial charge in [-0.05, 0) is 58.7 Å². The van der Waals surface area contributed by atoms with Crippen molar-refractivity contribution in [2.24, 2.45) is 5.92 Å². The summed E-state index contributed by atoms with van der Waals surface area (Å²) in [5.74, 6) is 0.888. The lowest BCUT2D eigenvalue weighted by Crippen LogP contribution is -2.48. The first-order chi connectivity index (χ1) is 7.21. The van der Waals surface area contributed by atoms with Gasteiger partial charge in [-0.1, -0.05) is 0 Å². The topological polar surface area (TPSA) is 33.3 Å². The molecule has 0 saturated carbocycles. The van der Waals surface area contributed by atoms with Gasteiger partial charge in [0.25, 0.3) is 0 Å². The molecule has 0 bridgehead atoms. The van der Waals surface area contributed by atoms with Crippen LogP contribution in [-0.4, -0.2) is 37.9 Å². The Morgan fingerprint density at radius 1 is 1.53 bits per heavy atom. The summed E-state index contributed by atoms with van der Waals surface area (Å²) in [4.78, 5) is 0. The molecule has 0 aromatic rings. The molecule has 0 aromatic heterocycles. The average Bonchev–Trinajstić information content (AvgIpc) is 2.79. The summed E-state index contributed by atoms with van der Waals surface area (Å²) in [5.41, 5.74) is 0.214. The molecule has 2 heterocycles. The molecule has 0 aromatic carbocycles. The molecule has 0 spiro atoms. The predicted molar refractivity (Wildman–Crippen MR) is 62.0 cm³/mol. The van der Waals surface area contributed by atoms with Crippen molar-refractivity contribution in [3.05, 3.63) is 0 Å². The van der Waals surface area contributed by atoms with Crippen molar-refractivity contribution in [1.29, 1.82) is 0 Å². The zero-order valence-electron chi connectivity index (χ0n) is 10.0. The van der Waals surface area contributed by atoms with Crippen LogP contribution in [0.15, 0.2) is 0 Å². The molecule has 3 unspecified atom stereocenters. The Bertz CT molecular complexity index is 204. The van der Waals surface area contributed by atoms with Crippen molar-refractivity contribution < 1.29 is 4.74 Å². The maximum absolute atomic E-state index is 5.62. The van der Waals surface area contributed by atoms with Crippen LogP contribution in [0.5, 0.6) is 0 Å². The summed E-state index contributed by atoms with van der Waals surface area (Å²) in [6.07, 6.45) is 4.16. The van der Waals surface area contributed by atoms with E-state index in [1.807, 2.05) is 0 Å². The van der Waals surface area contributed by atoms with Gasteiger partial charge < -0.3 is 15.4 Å². The Kier molecular flexibility index (Phi) is 3.65. The molecule has 3 nitrogen and oxygen atoms in total. The second-order valence-electron chi connectivity index (χ2n) is 5.25. The maximum atomic E-state index is 5.62. The molecule has 2 fully saturated rings. The first-order valence-electron chi connectivity index (χ1n) is 6.28. The predicted octanol–water partition coefficient (Wildman–Crippen LogP) is 1.14. The molecule has 88 valence electrons. The second-order valence-corrected chi connectivity index (χ2v) is 5.25. The van der Waals surface area contributed by atoms with Crippen LogP contribution in [-0.2, 0) is 4.74 Å². The van der Waals surface area contributed by atoms with Gasteiger partial charge in [-0.3, -0.25) is 0 Å². The molecular formula is C12H24N2O. The smallest absolute Gasteiger partial charge is 0.0726 e. The van der Waals surface area contributed by atoms with E-state index in [-0.39, 0.29) is 5.54 Å². The van der Waals surface area contributed by atoms with Crippen LogP contribution in [0.1, 0.15) is 33.1 Å². The van der Waals surface area contributed by atoms with Crippen LogP contribution in [0.4, 0.5) is 0 Å². The van der Waals surface area contributed by atoms with E-state index < -0.39 is 0 Å². The van der Waals surface area contributed by atoms with Gasteiger partial charge in [0.2, 0.25) is 0 Å². The number of ether oxygens (including phenoxy) is 1. The Morgan fingerprint density at radius 2 is 2.40 bits per heavy atom. The van der Waals surface area contributed by atoms with E-state index in [4.69, 9.17) is 4.74 Å². The van der Waals surface area contributed by atoms with Crippen LogP contribution in [0.2, 0.25) is 0 Å². The standard InChI is InChI=1S/C12H24N2O/c1-10-12(2,5-8-15-10)14-7-4-11-3-6-13-9-11/h10-11,13-14H,3-9H2,1-2H3. The summed E-state index contributed by atoms with van der Waals surface area (Å²) >= 11 is 0. The highest BCUT2D eigenvalue weighted by molar-refractivity contribution is 4.93. The van der Waals surface area contributed by atoms with E-state index in [0.717, 1.165) is 25.5 Å². The van der Waals surface area contributed by atoms with Crippen LogP contribution < -0.4 is 10.6 Å². The molecule has 15 heavy (non-hydrogen) atoms. The van der Waals surface area contributed by atoms with Gasteiger partial charge in [0.05, 0.1) is 6.10 Å². The number of rotatable bonds is 4. The number of hydrogen-bond donors (Lipinski definition) is 2. The van der Waals surface area contributed by atoms with E-state index in [9.17, 15) is 0 Å². The van der Waals surface area contributed by atoms with Crippen molar-refractivity contribution in [2.45, 2.75) is 44.8 Å². The summed E-state index contributed by atoms with van der Waals surface area (Å²) in [6, 6.07) is 0. The lowest BCUT2D eigenvalue weighted by atomic mass is 9.94. The summed E-state index contributed by atoms with van der Waals surface area (Å²) in [6.45, 7) is 8.94. The Balaban J connectivity index is 1.68. The highest BCUT2D eigenvalue weighted by Crippen LogP contribution is 2.25. The summed E-state index contributed by atoms with van der Waals surface area (Å²) < 4.78 is 5.62. The zero-order valence-corrected chi connectivity index (χ0v) is 10.0. The highest BCUT2D eigenvalue weighted by atomic mass is 16.5. The number of hydrogen-bond acceptors (Lipinski definition) is 3. The largest absolute Gasteiger partial charge is 0.377 e. The van der Waals surface area contributed by atoms with Gasteiger partial charge in [-0.15, -0.1) is 0 Å². The Labute approximate surface area is 93.0 Å². The van der Waals surface area contributed by atoms with Crippen LogP contribution >= 0.6 is 0 Å². The molecule has 0 aliphatic carbocycles. The Hall–Kier alpha value is -0.120. The first kappa shape index (κ1) is 11.4. The number of nitrogens with one attached hydrogen (secondary N) is 2. The highest BCUT2D eigenvalue weighted by Gasteiger charge is 2.36. The fourth-order valence-electron chi connectivity index (χ4n) is 2.59. The molecule has 2 aliphatic heterocycles. The van der Waals surface area contributed by atoms with E-state index in [1.165, 1.54) is 25.9 Å². The van der Waals surface area contributed by atoms with Crippen molar-refractivity contribution in [2.75, 3.05) is 26.2 Å². The van der Waals surface area contributed by atoms with E-state index >= 15 is 0 Å². The molecule has 2 saturated heterocycles. The monoisotopic (exact) mass is 212 g/mol. The molecule has 3 atom stereocenters. The van der Waals surface area contributed by atoms with Crippen LogP contribution in [0.3, 0.4) is 0 Å². The first-order valence-corrected chi connectivity index (χ1v) is 6.28. The normalized spacial score (nSPS) is 41.2. The van der Waals surface area contributed by atoms with Gasteiger partial charge in [-0.25, -0.2) is 0 Å². The fourth-order valence-corrected chi connectivity index (χ4v) is 2.59. The van der Waals surface area contributed by atoms with Gasteiger partial charge in [0, 0.05) is 12.1 Å². The van der Waals surface area contributed by atoms with Crippen molar-refractivity contribution >= 4 is 0 Å². The maximum Gasteiger partial charge on any atom is 0.0726 e. The molecule has 2 aliphatic rings. The van der Waals surface area contributed by atoms with Crippen LogP contribution in [0, 0.1) is 5.92 Å². The molecule has 0 radical (unpaired) electrons. The van der Waals surface area contributed by atoms with Crippen molar-refractivity contribution in [3.8, 4) is 0 Å². The second kappa shape index (κ2) is 4.81. The van der Waals surface area contributed by atoms with Crippen molar-refractivity contribution in [3.63, 3.8) is 0 Å². The third kappa shape index (κ3) is 2.71. The lowest BCUT2D eigenvalue weighted by molar-refractivity contribution is 0.0883. The van der Waals surface area contributed by atoms with E-state index in [0.29, 0.717) is 6.10 Å². The fraction of sp³-hybridized carbons (Fsp3) is 1.00. The average molecular weight is 212 g/mol. The quantitative estimate of drug-likeness (QED) is 0.733. The lowest BCUT2D eigenvalue weighted by Gasteiger charge is -2.29. The minimum Gasteiger partial charge on any atom is -0.377 e. The van der Waals surface area contributed by atoms with Gasteiger partial charge in [-0.2, -0.15) is 0 Å². The molecule has 3 heteroatoms. The van der Waals surface area contributed by atoms with Crippen molar-refractivity contribution in [1.82, 2.24) is 10.6 Å². The third-order valence-corrected chi connectivity index (χ3v) is 4.13. The minimum absolute atomic E-state index is 0.214.